The van der Waals surface area contributed by atoms with Gasteiger partial charge >= 0.3 is 0 Å². The van der Waals surface area contributed by atoms with Crippen LogP contribution in [0.1, 0.15) is 47.2 Å². The summed E-state index contributed by atoms with van der Waals surface area (Å²) < 4.78 is 37.8. The zero-order chi connectivity index (χ0) is 19.2. The Hall–Kier alpha value is -2.21. The third-order valence-corrected chi connectivity index (χ3v) is 6.54. The summed E-state index contributed by atoms with van der Waals surface area (Å²) in [6.45, 7) is 0.485. The summed E-state index contributed by atoms with van der Waals surface area (Å²) in [4.78, 5) is 14.9. The minimum atomic E-state index is -3.19. The van der Waals surface area contributed by atoms with Crippen molar-refractivity contribution in [3.8, 4) is 0 Å². The lowest BCUT2D eigenvalue weighted by molar-refractivity contribution is 0.0984. The van der Waals surface area contributed by atoms with E-state index < -0.39 is 9.84 Å². The van der Waals surface area contributed by atoms with E-state index in [2.05, 4.69) is 0 Å². The third-order valence-electron chi connectivity index (χ3n) is 5.68. The number of fused-ring (bicyclic) bond motifs is 2. The van der Waals surface area contributed by atoms with E-state index in [0.29, 0.717) is 28.9 Å². The molecule has 0 unspecified atom stereocenters. The summed E-state index contributed by atoms with van der Waals surface area (Å²) in [5.74, 6) is -0.556. The highest BCUT2D eigenvalue weighted by molar-refractivity contribution is 7.89. The molecule has 0 bridgehead atoms. The van der Waals surface area contributed by atoms with Gasteiger partial charge in [-0.05, 0) is 42.7 Å². The summed E-state index contributed by atoms with van der Waals surface area (Å²) in [6.07, 6.45) is 5.03. The van der Waals surface area contributed by atoms with Crippen LogP contribution in [0, 0.1) is 5.82 Å². The number of carbonyl (C=O) groups excluding carboxylic acids is 1. The maximum atomic E-state index is 14.7. The van der Waals surface area contributed by atoms with Crippen molar-refractivity contribution in [3.05, 3.63) is 65.0 Å². The van der Waals surface area contributed by atoms with Crippen molar-refractivity contribution in [3.63, 3.8) is 0 Å². The molecule has 4 nitrogen and oxygen atoms in total. The van der Waals surface area contributed by atoms with Crippen LogP contribution in [0.25, 0.3) is 0 Å². The molecule has 142 valence electrons. The number of hydrogen-bond donors (Lipinski definition) is 0. The highest BCUT2D eigenvalue weighted by Gasteiger charge is 2.48. The summed E-state index contributed by atoms with van der Waals surface area (Å²) >= 11 is 0. The quantitative estimate of drug-likeness (QED) is 0.804. The normalized spacial score (nSPS) is 18.1. The number of halogens is 1. The lowest BCUT2D eigenvalue weighted by Gasteiger charge is -2.25. The number of rotatable bonds is 3. The van der Waals surface area contributed by atoms with Crippen molar-refractivity contribution >= 4 is 21.4 Å². The van der Waals surface area contributed by atoms with Gasteiger partial charge in [0.15, 0.2) is 9.84 Å². The van der Waals surface area contributed by atoms with Crippen molar-refractivity contribution in [1.82, 2.24) is 0 Å². The minimum Gasteiger partial charge on any atom is -0.307 e. The van der Waals surface area contributed by atoms with Gasteiger partial charge in [0, 0.05) is 29.3 Å². The van der Waals surface area contributed by atoms with Gasteiger partial charge in [0.05, 0.1) is 11.4 Å². The molecule has 2 aromatic rings. The van der Waals surface area contributed by atoms with E-state index in [-0.39, 0.29) is 22.9 Å². The van der Waals surface area contributed by atoms with Gasteiger partial charge in [-0.2, -0.15) is 0 Å². The number of carbonyl (C=O) groups is 1. The number of benzene rings is 2. The lowest BCUT2D eigenvalue weighted by atomic mass is 9.80. The SMILES string of the molecule is CS(=O)(=O)Cc1cccc(C(=O)N2CC3(CCCC3)c3c(F)cccc32)c1. The molecule has 0 N–H and O–H groups in total. The first-order valence-electron chi connectivity index (χ1n) is 9.17. The average Bonchev–Trinajstić information content (AvgIpc) is 3.20. The molecule has 0 radical (unpaired) electrons. The second-order valence-electron chi connectivity index (χ2n) is 7.78. The predicted molar refractivity (Wildman–Crippen MR) is 103 cm³/mol. The van der Waals surface area contributed by atoms with E-state index in [9.17, 15) is 17.6 Å². The first-order valence-corrected chi connectivity index (χ1v) is 11.2. The standard InChI is InChI=1S/C21H22FNO3S/c1-27(25,26)13-15-6-4-7-16(12-15)20(24)23-14-21(10-2-3-11-21)19-17(22)8-5-9-18(19)23/h4-9,12H,2-3,10-11,13-14H2,1H3. The largest absolute Gasteiger partial charge is 0.307 e. The van der Waals surface area contributed by atoms with Crippen LogP contribution >= 0.6 is 0 Å². The zero-order valence-corrected chi connectivity index (χ0v) is 16.1. The zero-order valence-electron chi connectivity index (χ0n) is 15.2. The molecule has 0 atom stereocenters. The Morgan fingerprint density at radius 1 is 1.15 bits per heavy atom. The molecule has 1 aliphatic carbocycles. The van der Waals surface area contributed by atoms with E-state index in [0.717, 1.165) is 25.7 Å². The molecule has 2 aromatic carbocycles. The van der Waals surface area contributed by atoms with E-state index in [1.807, 2.05) is 6.07 Å². The van der Waals surface area contributed by atoms with Gasteiger partial charge in [-0.3, -0.25) is 4.79 Å². The Bertz CT molecular complexity index is 1010. The Labute approximate surface area is 158 Å². The lowest BCUT2D eigenvalue weighted by Crippen LogP contribution is -2.35. The highest BCUT2D eigenvalue weighted by Crippen LogP contribution is 2.51. The molecule has 27 heavy (non-hydrogen) atoms. The minimum absolute atomic E-state index is 0.108. The van der Waals surface area contributed by atoms with Crippen LogP contribution in [0.3, 0.4) is 0 Å². The maximum Gasteiger partial charge on any atom is 0.258 e. The molecule has 4 rings (SSSR count). The van der Waals surface area contributed by atoms with Crippen molar-refractivity contribution in [2.24, 2.45) is 0 Å². The topological polar surface area (TPSA) is 54.5 Å². The first-order chi connectivity index (χ1) is 12.8. The van der Waals surface area contributed by atoms with Gasteiger partial charge in [0.1, 0.15) is 5.82 Å². The molecule has 1 aliphatic heterocycles. The number of amides is 1. The summed E-state index contributed by atoms with van der Waals surface area (Å²) in [5, 5.41) is 0. The molecule has 1 heterocycles. The molecule has 1 fully saturated rings. The molecular formula is C21H22FNO3S. The Morgan fingerprint density at radius 3 is 2.56 bits per heavy atom. The van der Waals surface area contributed by atoms with E-state index in [4.69, 9.17) is 0 Å². The van der Waals surface area contributed by atoms with E-state index >= 15 is 0 Å². The molecule has 1 amide bonds. The predicted octanol–water partition coefficient (Wildman–Crippen LogP) is 3.84. The summed E-state index contributed by atoms with van der Waals surface area (Å²) in [6, 6.07) is 11.6. The van der Waals surface area contributed by atoms with Gasteiger partial charge in [0.25, 0.3) is 5.91 Å². The molecule has 0 saturated heterocycles. The monoisotopic (exact) mass is 387 g/mol. The van der Waals surface area contributed by atoms with Crippen LogP contribution in [0.15, 0.2) is 42.5 Å². The van der Waals surface area contributed by atoms with E-state index in [1.165, 1.54) is 12.3 Å². The van der Waals surface area contributed by atoms with Crippen LogP contribution in [-0.2, 0) is 21.0 Å². The maximum absolute atomic E-state index is 14.7. The molecular weight excluding hydrogens is 365 g/mol. The van der Waals surface area contributed by atoms with E-state index in [1.54, 1.807) is 35.2 Å². The smallest absolute Gasteiger partial charge is 0.258 e. The first kappa shape index (κ1) is 18.2. The number of hydrogen-bond acceptors (Lipinski definition) is 3. The average molecular weight is 387 g/mol. The molecule has 1 spiro atoms. The highest BCUT2D eigenvalue weighted by atomic mass is 32.2. The van der Waals surface area contributed by atoms with Crippen LogP contribution in [0.5, 0.6) is 0 Å². The van der Waals surface area contributed by atoms with Gasteiger partial charge in [-0.25, -0.2) is 12.8 Å². The van der Waals surface area contributed by atoms with Crippen LogP contribution < -0.4 is 4.90 Å². The fourth-order valence-corrected chi connectivity index (χ4v) is 5.41. The summed E-state index contributed by atoms with van der Waals surface area (Å²) in [7, 11) is -3.19. The second-order valence-corrected chi connectivity index (χ2v) is 9.92. The second kappa shape index (κ2) is 6.44. The number of nitrogens with zero attached hydrogens (tertiary/aromatic N) is 1. The van der Waals surface area contributed by atoms with Crippen LogP contribution in [-0.4, -0.2) is 27.1 Å². The van der Waals surface area contributed by atoms with Gasteiger partial charge in [-0.15, -0.1) is 0 Å². The Kier molecular flexibility index (Phi) is 4.34. The van der Waals surface area contributed by atoms with Gasteiger partial charge < -0.3 is 4.90 Å². The fourth-order valence-electron chi connectivity index (χ4n) is 4.62. The van der Waals surface area contributed by atoms with Crippen molar-refractivity contribution < 1.29 is 17.6 Å². The molecule has 6 heteroatoms. The third kappa shape index (κ3) is 3.27. The van der Waals surface area contributed by atoms with Crippen molar-refractivity contribution in [1.29, 1.82) is 0 Å². The van der Waals surface area contributed by atoms with Crippen molar-refractivity contribution in [2.75, 3.05) is 17.7 Å². The van der Waals surface area contributed by atoms with Crippen LogP contribution in [0.2, 0.25) is 0 Å². The van der Waals surface area contributed by atoms with Crippen molar-refractivity contribution in [2.45, 2.75) is 36.9 Å². The summed E-state index contributed by atoms with van der Waals surface area (Å²) in [5.41, 5.74) is 2.04. The van der Waals surface area contributed by atoms with Gasteiger partial charge in [-0.1, -0.05) is 31.0 Å². The molecule has 1 saturated carbocycles. The Morgan fingerprint density at radius 2 is 1.85 bits per heavy atom. The molecule has 2 aliphatic rings. The van der Waals surface area contributed by atoms with Crippen LogP contribution in [0.4, 0.5) is 10.1 Å². The fraction of sp³-hybridized carbons (Fsp3) is 0.381. The number of sulfone groups is 1. The molecule has 0 aromatic heterocycles. The van der Waals surface area contributed by atoms with Gasteiger partial charge in [0.2, 0.25) is 0 Å². The Balaban J connectivity index is 1.72. The number of anilines is 1.